The number of aliphatic hydroxyl groups is 1. The minimum absolute atomic E-state index is 0.144. The van der Waals surface area contributed by atoms with E-state index in [-0.39, 0.29) is 5.41 Å². The van der Waals surface area contributed by atoms with Gasteiger partial charge in [-0.05, 0) is 25.2 Å². The van der Waals surface area contributed by atoms with Gasteiger partial charge in [0.1, 0.15) is 6.10 Å². The van der Waals surface area contributed by atoms with Gasteiger partial charge in [0.05, 0.1) is 18.2 Å². The largest absolute Gasteiger partial charge is 0.386 e. The Kier molecular flexibility index (Phi) is 3.54. The molecule has 0 spiro atoms. The Morgan fingerprint density at radius 2 is 2.47 bits per heavy atom. The Balaban J connectivity index is 2.22. The first-order chi connectivity index (χ1) is 8.13. The van der Waals surface area contributed by atoms with E-state index in [0.717, 1.165) is 18.5 Å². The van der Waals surface area contributed by atoms with E-state index in [4.69, 9.17) is 5.73 Å². The Labute approximate surface area is 103 Å². The van der Waals surface area contributed by atoms with Crippen molar-refractivity contribution in [3.8, 4) is 0 Å². The lowest BCUT2D eigenvalue weighted by Gasteiger charge is -2.33. The van der Waals surface area contributed by atoms with Crippen molar-refractivity contribution in [1.29, 1.82) is 0 Å². The van der Waals surface area contributed by atoms with Gasteiger partial charge >= 0.3 is 0 Å². The summed E-state index contributed by atoms with van der Waals surface area (Å²) in [5.41, 5.74) is 6.69. The smallest absolute Gasteiger partial charge is 0.102 e. The number of nitrogens with zero attached hydrogens (tertiary/aromatic N) is 2. The summed E-state index contributed by atoms with van der Waals surface area (Å²) in [6.07, 6.45) is 7.41. The highest BCUT2D eigenvalue weighted by molar-refractivity contribution is 5.10. The predicted molar refractivity (Wildman–Crippen MR) is 67.3 cm³/mol. The highest BCUT2D eigenvalue weighted by atomic mass is 16.3. The van der Waals surface area contributed by atoms with Gasteiger partial charge in [-0.25, -0.2) is 4.98 Å². The van der Waals surface area contributed by atoms with Crippen LogP contribution in [0.5, 0.6) is 0 Å². The van der Waals surface area contributed by atoms with Crippen molar-refractivity contribution in [2.45, 2.75) is 38.7 Å². The molecule has 1 fully saturated rings. The Hall–Kier alpha value is -0.870. The van der Waals surface area contributed by atoms with E-state index in [1.54, 1.807) is 12.5 Å². The van der Waals surface area contributed by atoms with E-state index in [2.05, 4.69) is 11.9 Å². The molecule has 1 aliphatic rings. The van der Waals surface area contributed by atoms with Gasteiger partial charge in [-0.2, -0.15) is 0 Å². The highest BCUT2D eigenvalue weighted by Crippen LogP contribution is 2.49. The van der Waals surface area contributed by atoms with Crippen molar-refractivity contribution in [3.05, 3.63) is 18.2 Å². The molecule has 2 rings (SSSR count). The van der Waals surface area contributed by atoms with Gasteiger partial charge < -0.3 is 15.4 Å². The summed E-state index contributed by atoms with van der Waals surface area (Å²) in [5, 5.41) is 10.6. The molecule has 4 heteroatoms. The molecule has 96 valence electrons. The number of hydrogen-bond donors (Lipinski definition) is 2. The molecule has 0 amide bonds. The maximum absolute atomic E-state index is 10.6. The molecule has 1 saturated carbocycles. The molecule has 1 aliphatic carbocycles. The Morgan fingerprint density at radius 3 is 2.94 bits per heavy atom. The topological polar surface area (TPSA) is 64.1 Å². The van der Waals surface area contributed by atoms with Gasteiger partial charge in [-0.1, -0.05) is 13.3 Å². The molecule has 0 radical (unpaired) electrons. The van der Waals surface area contributed by atoms with Gasteiger partial charge in [-0.3, -0.25) is 0 Å². The third kappa shape index (κ3) is 2.11. The predicted octanol–water partition coefficient (Wildman–Crippen LogP) is 1.61. The SMILES string of the molecule is CCC1CCC(CN)(C(O)c2cncn2C)C1. The van der Waals surface area contributed by atoms with E-state index in [9.17, 15) is 5.11 Å². The number of nitrogens with two attached hydrogens (primary N) is 1. The first kappa shape index (κ1) is 12.6. The third-order valence-corrected chi connectivity index (χ3v) is 4.44. The van der Waals surface area contributed by atoms with Gasteiger partial charge in [0, 0.05) is 19.0 Å². The van der Waals surface area contributed by atoms with Crippen LogP contribution in [0.15, 0.2) is 12.5 Å². The van der Waals surface area contributed by atoms with Crippen LogP contribution in [0.1, 0.15) is 44.4 Å². The van der Waals surface area contributed by atoms with E-state index in [1.165, 1.54) is 12.8 Å². The number of aromatic nitrogens is 2. The average molecular weight is 237 g/mol. The van der Waals surface area contributed by atoms with E-state index in [0.29, 0.717) is 12.5 Å². The number of imidazole rings is 1. The fraction of sp³-hybridized carbons (Fsp3) is 0.769. The third-order valence-electron chi connectivity index (χ3n) is 4.44. The minimum Gasteiger partial charge on any atom is -0.386 e. The molecule has 0 aliphatic heterocycles. The van der Waals surface area contributed by atoms with Crippen LogP contribution in [0.4, 0.5) is 0 Å². The zero-order valence-electron chi connectivity index (χ0n) is 10.8. The quantitative estimate of drug-likeness (QED) is 0.836. The van der Waals surface area contributed by atoms with Crippen molar-refractivity contribution < 1.29 is 5.11 Å². The summed E-state index contributed by atoms with van der Waals surface area (Å²) >= 11 is 0. The number of aliphatic hydroxyl groups excluding tert-OH is 1. The minimum atomic E-state index is -0.489. The summed E-state index contributed by atoms with van der Waals surface area (Å²) in [6, 6.07) is 0. The molecule has 0 saturated heterocycles. The first-order valence-electron chi connectivity index (χ1n) is 6.47. The molecule has 1 aromatic rings. The van der Waals surface area contributed by atoms with Gasteiger partial charge in [0.25, 0.3) is 0 Å². The van der Waals surface area contributed by atoms with Crippen molar-refractivity contribution >= 4 is 0 Å². The molecule has 0 aromatic carbocycles. The normalized spacial score (nSPS) is 30.7. The molecule has 3 atom stereocenters. The van der Waals surface area contributed by atoms with Crippen LogP contribution in [-0.4, -0.2) is 21.2 Å². The fourth-order valence-corrected chi connectivity index (χ4v) is 3.11. The monoisotopic (exact) mass is 237 g/mol. The lowest BCUT2D eigenvalue weighted by molar-refractivity contribution is 0.0247. The van der Waals surface area contributed by atoms with E-state index >= 15 is 0 Å². The highest BCUT2D eigenvalue weighted by Gasteiger charge is 2.44. The number of rotatable bonds is 4. The van der Waals surface area contributed by atoms with Gasteiger partial charge in [-0.15, -0.1) is 0 Å². The van der Waals surface area contributed by atoms with Crippen LogP contribution in [-0.2, 0) is 7.05 Å². The molecule has 17 heavy (non-hydrogen) atoms. The maximum atomic E-state index is 10.6. The maximum Gasteiger partial charge on any atom is 0.102 e. The van der Waals surface area contributed by atoms with E-state index in [1.807, 2.05) is 11.6 Å². The summed E-state index contributed by atoms with van der Waals surface area (Å²) in [7, 11) is 1.92. The lowest BCUT2D eigenvalue weighted by atomic mass is 9.78. The molecule has 4 nitrogen and oxygen atoms in total. The molecule has 1 aromatic heterocycles. The molecule has 0 bridgehead atoms. The van der Waals surface area contributed by atoms with Crippen LogP contribution in [0.2, 0.25) is 0 Å². The van der Waals surface area contributed by atoms with Crippen LogP contribution >= 0.6 is 0 Å². The number of hydrogen-bond acceptors (Lipinski definition) is 3. The molecule has 3 N–H and O–H groups in total. The van der Waals surface area contributed by atoms with Crippen molar-refractivity contribution in [1.82, 2.24) is 9.55 Å². The van der Waals surface area contributed by atoms with Crippen LogP contribution in [0.25, 0.3) is 0 Å². The zero-order chi connectivity index (χ0) is 12.5. The second-order valence-electron chi connectivity index (χ2n) is 5.42. The summed E-state index contributed by atoms with van der Waals surface area (Å²) in [5.74, 6) is 0.710. The second-order valence-corrected chi connectivity index (χ2v) is 5.42. The standard InChI is InChI=1S/C13H23N3O/c1-3-10-4-5-13(6-10,8-14)12(17)11-7-15-9-16(11)2/h7,9-10,12,17H,3-6,8,14H2,1-2H3. The lowest BCUT2D eigenvalue weighted by Crippen LogP contribution is -2.35. The van der Waals surface area contributed by atoms with Crippen molar-refractivity contribution in [3.63, 3.8) is 0 Å². The van der Waals surface area contributed by atoms with Gasteiger partial charge in [0.2, 0.25) is 0 Å². The summed E-state index contributed by atoms with van der Waals surface area (Å²) in [6.45, 7) is 2.77. The van der Waals surface area contributed by atoms with Crippen LogP contribution < -0.4 is 5.73 Å². The Bertz CT molecular complexity index is 376. The van der Waals surface area contributed by atoms with Crippen LogP contribution in [0, 0.1) is 11.3 Å². The molecule has 3 unspecified atom stereocenters. The summed E-state index contributed by atoms with van der Waals surface area (Å²) < 4.78 is 1.89. The first-order valence-corrected chi connectivity index (χ1v) is 6.47. The zero-order valence-corrected chi connectivity index (χ0v) is 10.8. The fourth-order valence-electron chi connectivity index (χ4n) is 3.11. The van der Waals surface area contributed by atoms with Crippen molar-refractivity contribution in [2.24, 2.45) is 24.1 Å². The van der Waals surface area contributed by atoms with Crippen LogP contribution in [0.3, 0.4) is 0 Å². The molecular weight excluding hydrogens is 214 g/mol. The molecular formula is C13H23N3O. The second kappa shape index (κ2) is 4.78. The average Bonchev–Trinajstić information content (AvgIpc) is 2.95. The Morgan fingerprint density at radius 1 is 1.71 bits per heavy atom. The van der Waals surface area contributed by atoms with Gasteiger partial charge in [0.15, 0.2) is 0 Å². The molecule has 1 heterocycles. The summed E-state index contributed by atoms with van der Waals surface area (Å²) in [4.78, 5) is 4.08. The number of aryl methyl sites for hydroxylation is 1. The van der Waals surface area contributed by atoms with Crippen molar-refractivity contribution in [2.75, 3.05) is 6.54 Å². The van der Waals surface area contributed by atoms with E-state index < -0.39 is 6.10 Å².